The van der Waals surface area contributed by atoms with Crippen molar-refractivity contribution < 1.29 is 29.2 Å². The third-order valence-corrected chi connectivity index (χ3v) is 5.77. The minimum Gasteiger partial charge on any atom is -0.490 e. The van der Waals surface area contributed by atoms with Crippen LogP contribution in [0.5, 0.6) is 11.5 Å². The molecule has 0 spiro atoms. The molecule has 22 heavy (non-hydrogen) atoms. The second kappa shape index (κ2) is 6.99. The van der Waals surface area contributed by atoms with E-state index < -0.39 is 0 Å². The molecule has 0 amide bonds. The molecule has 2 unspecified atom stereocenters. The van der Waals surface area contributed by atoms with Gasteiger partial charge in [-0.05, 0) is 0 Å². The molecule has 1 aromatic heterocycles. The van der Waals surface area contributed by atoms with E-state index in [0.29, 0.717) is 19.8 Å². The SMILES string of the molecule is CO.OCC1COC2=C(O1)C(c1scc3c1OCCO3)SC2. The fraction of sp³-hybridized carbons (Fsp3) is 0.571. The van der Waals surface area contributed by atoms with Gasteiger partial charge in [0.15, 0.2) is 23.4 Å². The van der Waals surface area contributed by atoms with Gasteiger partial charge in [-0.25, -0.2) is 0 Å². The Morgan fingerprint density at radius 1 is 1.23 bits per heavy atom. The van der Waals surface area contributed by atoms with Crippen molar-refractivity contribution in [3.63, 3.8) is 0 Å². The number of fused-ring (bicyclic) bond motifs is 1. The summed E-state index contributed by atoms with van der Waals surface area (Å²) < 4.78 is 22.9. The molecular formula is C14H18O6S2. The van der Waals surface area contributed by atoms with E-state index in [4.69, 9.17) is 24.1 Å². The normalized spacial score (nSPS) is 25.6. The Kier molecular flexibility index (Phi) is 5.02. The quantitative estimate of drug-likeness (QED) is 0.841. The Morgan fingerprint density at radius 2 is 2.05 bits per heavy atom. The van der Waals surface area contributed by atoms with Crippen molar-refractivity contribution in [2.75, 3.05) is 39.3 Å². The summed E-state index contributed by atoms with van der Waals surface area (Å²) in [6.45, 7) is 1.57. The van der Waals surface area contributed by atoms with Gasteiger partial charge in [-0.1, -0.05) is 0 Å². The summed E-state index contributed by atoms with van der Waals surface area (Å²) in [5, 5.41) is 18.3. The number of ether oxygens (including phenoxy) is 4. The van der Waals surface area contributed by atoms with Crippen LogP contribution in [0.2, 0.25) is 0 Å². The van der Waals surface area contributed by atoms with Gasteiger partial charge in [-0.3, -0.25) is 0 Å². The molecule has 0 saturated carbocycles. The van der Waals surface area contributed by atoms with Crippen LogP contribution in [0, 0.1) is 0 Å². The van der Waals surface area contributed by atoms with Crippen LogP contribution in [0.3, 0.4) is 0 Å². The van der Waals surface area contributed by atoms with E-state index >= 15 is 0 Å². The summed E-state index contributed by atoms with van der Waals surface area (Å²) in [4.78, 5) is 1.11. The Morgan fingerprint density at radius 3 is 2.86 bits per heavy atom. The van der Waals surface area contributed by atoms with Crippen molar-refractivity contribution in [2.24, 2.45) is 0 Å². The van der Waals surface area contributed by atoms with Gasteiger partial charge in [-0.15, -0.1) is 23.1 Å². The first kappa shape index (κ1) is 15.8. The molecule has 0 aliphatic carbocycles. The number of thiophene rings is 1. The topological polar surface area (TPSA) is 77.4 Å². The van der Waals surface area contributed by atoms with Gasteiger partial charge in [0, 0.05) is 12.5 Å². The highest BCUT2D eigenvalue weighted by atomic mass is 32.2. The molecule has 0 radical (unpaired) electrons. The lowest BCUT2D eigenvalue weighted by atomic mass is 10.2. The predicted molar refractivity (Wildman–Crippen MR) is 83.6 cm³/mol. The summed E-state index contributed by atoms with van der Waals surface area (Å²) in [6, 6.07) is 0. The van der Waals surface area contributed by atoms with Gasteiger partial charge < -0.3 is 29.2 Å². The third kappa shape index (κ3) is 2.76. The smallest absolute Gasteiger partial charge is 0.176 e. The van der Waals surface area contributed by atoms with E-state index in [-0.39, 0.29) is 18.0 Å². The molecule has 0 fully saturated rings. The van der Waals surface area contributed by atoms with Crippen molar-refractivity contribution in [2.45, 2.75) is 11.4 Å². The highest BCUT2D eigenvalue weighted by molar-refractivity contribution is 8.00. The van der Waals surface area contributed by atoms with Gasteiger partial charge in [0.1, 0.15) is 30.8 Å². The van der Waals surface area contributed by atoms with Crippen molar-refractivity contribution >= 4 is 23.1 Å². The average molecular weight is 346 g/mol. The maximum Gasteiger partial charge on any atom is 0.176 e. The molecule has 2 N–H and O–H groups in total. The van der Waals surface area contributed by atoms with Crippen LogP contribution in [0.15, 0.2) is 16.9 Å². The highest BCUT2D eigenvalue weighted by Gasteiger charge is 2.39. The fourth-order valence-corrected chi connectivity index (χ4v) is 4.87. The van der Waals surface area contributed by atoms with Crippen LogP contribution >= 0.6 is 23.1 Å². The Hall–Kier alpha value is -1.09. The van der Waals surface area contributed by atoms with Crippen LogP contribution < -0.4 is 9.47 Å². The molecule has 4 heterocycles. The molecule has 3 aliphatic rings. The van der Waals surface area contributed by atoms with Gasteiger partial charge in [0.2, 0.25) is 0 Å². The predicted octanol–water partition coefficient (Wildman–Crippen LogP) is 1.53. The molecule has 2 atom stereocenters. The summed E-state index contributed by atoms with van der Waals surface area (Å²) >= 11 is 3.38. The van der Waals surface area contributed by atoms with Gasteiger partial charge >= 0.3 is 0 Å². The van der Waals surface area contributed by atoms with E-state index in [1.807, 2.05) is 5.38 Å². The zero-order chi connectivity index (χ0) is 15.5. The second-order valence-electron chi connectivity index (χ2n) is 4.70. The molecule has 8 heteroatoms. The van der Waals surface area contributed by atoms with Crippen LogP contribution in [-0.2, 0) is 9.47 Å². The number of thioether (sulfide) groups is 1. The van der Waals surface area contributed by atoms with Crippen LogP contribution in [0.4, 0.5) is 0 Å². The highest BCUT2D eigenvalue weighted by Crippen LogP contribution is 2.54. The van der Waals surface area contributed by atoms with E-state index in [0.717, 1.165) is 40.8 Å². The van der Waals surface area contributed by atoms with E-state index in [1.54, 1.807) is 23.1 Å². The van der Waals surface area contributed by atoms with Gasteiger partial charge in [0.05, 0.1) is 17.2 Å². The lowest BCUT2D eigenvalue weighted by Crippen LogP contribution is -2.28. The maximum atomic E-state index is 9.24. The first-order valence-corrected chi connectivity index (χ1v) is 8.86. The number of rotatable bonds is 2. The lowest BCUT2D eigenvalue weighted by molar-refractivity contribution is -0.0303. The standard InChI is InChI=1S/C13H14O5S2.CH4O/c14-3-7-4-17-9-6-20-13(11(9)18-7)12-10-8(5-19-12)15-1-2-16-10;1-2/h5,7,13-14H,1-4,6H2;2H,1H3. The molecular weight excluding hydrogens is 328 g/mol. The minimum absolute atomic E-state index is 0.0314. The maximum absolute atomic E-state index is 9.24. The summed E-state index contributed by atoms with van der Waals surface area (Å²) in [5.74, 6) is 4.18. The van der Waals surface area contributed by atoms with Crippen molar-refractivity contribution in [3.8, 4) is 11.5 Å². The van der Waals surface area contributed by atoms with E-state index in [2.05, 4.69) is 0 Å². The Balaban J connectivity index is 0.000000693. The molecule has 6 nitrogen and oxygen atoms in total. The Labute approximate surface area is 136 Å². The number of hydrogen-bond acceptors (Lipinski definition) is 8. The van der Waals surface area contributed by atoms with Crippen LogP contribution in [0.25, 0.3) is 0 Å². The fourth-order valence-electron chi connectivity index (χ4n) is 2.45. The zero-order valence-corrected chi connectivity index (χ0v) is 13.7. The largest absolute Gasteiger partial charge is 0.490 e. The number of aliphatic hydroxyl groups excluding tert-OH is 2. The molecule has 0 saturated heterocycles. The third-order valence-electron chi connectivity index (χ3n) is 3.40. The summed E-state index contributed by atoms with van der Waals surface area (Å²) in [5.41, 5.74) is 0. The first-order chi connectivity index (χ1) is 10.9. The first-order valence-electron chi connectivity index (χ1n) is 6.93. The van der Waals surface area contributed by atoms with Crippen molar-refractivity contribution in [3.05, 3.63) is 21.8 Å². The number of aliphatic hydroxyl groups is 2. The molecule has 4 rings (SSSR count). The number of hydrogen-bond donors (Lipinski definition) is 2. The molecule has 0 bridgehead atoms. The van der Waals surface area contributed by atoms with Crippen molar-refractivity contribution in [1.29, 1.82) is 0 Å². The van der Waals surface area contributed by atoms with Crippen LogP contribution in [-0.4, -0.2) is 55.6 Å². The van der Waals surface area contributed by atoms with Gasteiger partial charge in [0.25, 0.3) is 0 Å². The van der Waals surface area contributed by atoms with E-state index in [9.17, 15) is 5.11 Å². The lowest BCUT2D eigenvalue weighted by Gasteiger charge is -2.26. The summed E-state index contributed by atoms with van der Waals surface area (Å²) in [7, 11) is 1.00. The molecule has 0 aromatic carbocycles. The Bertz CT molecular complexity index is 556. The minimum atomic E-state index is -0.275. The second-order valence-corrected chi connectivity index (χ2v) is 6.71. The molecule has 3 aliphatic heterocycles. The molecule has 122 valence electrons. The van der Waals surface area contributed by atoms with Gasteiger partial charge in [-0.2, -0.15) is 0 Å². The zero-order valence-electron chi connectivity index (χ0n) is 12.1. The summed E-state index contributed by atoms with van der Waals surface area (Å²) in [6.07, 6.45) is -0.275. The monoisotopic (exact) mass is 346 g/mol. The average Bonchev–Trinajstić information content (AvgIpc) is 3.19. The van der Waals surface area contributed by atoms with E-state index in [1.165, 1.54) is 0 Å². The van der Waals surface area contributed by atoms with Crippen molar-refractivity contribution in [1.82, 2.24) is 0 Å². The molecule has 1 aromatic rings. The van der Waals surface area contributed by atoms with Crippen LogP contribution in [0.1, 0.15) is 10.1 Å².